The van der Waals surface area contributed by atoms with Gasteiger partial charge in [0.2, 0.25) is 0 Å². The zero-order valence-corrected chi connectivity index (χ0v) is 18.1. The van der Waals surface area contributed by atoms with Gasteiger partial charge >= 0.3 is 0 Å². The van der Waals surface area contributed by atoms with Gasteiger partial charge in [-0.25, -0.2) is 9.97 Å². The third kappa shape index (κ3) is 4.42. The van der Waals surface area contributed by atoms with E-state index in [4.69, 9.17) is 4.42 Å². The van der Waals surface area contributed by atoms with Crippen LogP contribution in [0.3, 0.4) is 0 Å². The van der Waals surface area contributed by atoms with Crippen LogP contribution in [0.4, 0.5) is 0 Å². The van der Waals surface area contributed by atoms with Crippen molar-refractivity contribution in [3.05, 3.63) is 65.5 Å². The van der Waals surface area contributed by atoms with Crippen LogP contribution in [0.5, 0.6) is 0 Å². The number of benzene rings is 1. The number of nitrogens with zero attached hydrogens (tertiary/aromatic N) is 3. The molecule has 30 heavy (non-hydrogen) atoms. The van der Waals surface area contributed by atoms with Crippen molar-refractivity contribution in [1.29, 1.82) is 0 Å². The summed E-state index contributed by atoms with van der Waals surface area (Å²) in [6.45, 7) is 4.52. The number of likely N-dealkylation sites (tertiary alicyclic amines) is 1. The molecule has 0 aliphatic carbocycles. The van der Waals surface area contributed by atoms with Gasteiger partial charge in [-0.05, 0) is 56.8 Å². The summed E-state index contributed by atoms with van der Waals surface area (Å²) in [5, 5.41) is 3.80. The first-order valence-electron chi connectivity index (χ1n) is 10.2. The van der Waals surface area contributed by atoms with Crippen molar-refractivity contribution in [3.8, 4) is 11.6 Å². The molecule has 1 N–H and O–H groups in total. The molecule has 3 heterocycles. The van der Waals surface area contributed by atoms with Gasteiger partial charge in [0.25, 0.3) is 5.91 Å². The fourth-order valence-electron chi connectivity index (χ4n) is 3.94. The fourth-order valence-corrected chi connectivity index (χ4v) is 4.56. The lowest BCUT2D eigenvalue weighted by molar-refractivity contribution is 0.0933. The Labute approximate surface area is 181 Å². The van der Waals surface area contributed by atoms with Crippen LogP contribution in [0.2, 0.25) is 0 Å². The molecule has 7 heteroatoms. The van der Waals surface area contributed by atoms with Crippen LogP contribution >= 0.6 is 11.8 Å². The summed E-state index contributed by atoms with van der Waals surface area (Å²) in [7, 11) is 0. The Balaban J connectivity index is 1.55. The molecule has 1 saturated heterocycles. The minimum Gasteiger partial charge on any atom is -0.461 e. The molecule has 1 amide bonds. The molecule has 1 aromatic carbocycles. The summed E-state index contributed by atoms with van der Waals surface area (Å²) in [6.07, 6.45) is 5.92. The van der Waals surface area contributed by atoms with Gasteiger partial charge < -0.3 is 9.73 Å². The van der Waals surface area contributed by atoms with Crippen molar-refractivity contribution in [2.24, 2.45) is 0 Å². The van der Waals surface area contributed by atoms with E-state index in [2.05, 4.69) is 44.5 Å². The number of carbonyl (C=O) groups excluding carboxylic acids is 1. The highest BCUT2D eigenvalue weighted by Crippen LogP contribution is 2.27. The number of thioether (sulfide) groups is 1. The molecule has 0 bridgehead atoms. The Morgan fingerprint density at radius 1 is 1.17 bits per heavy atom. The third-order valence-corrected chi connectivity index (χ3v) is 6.12. The Kier molecular flexibility index (Phi) is 6.50. The SMILES string of the molecule is CSc1nc(-c2ccco2)nc(C)c1C(=O)NCC(c1ccccc1)N1CCCC1. The second-order valence-electron chi connectivity index (χ2n) is 7.37. The molecular weight excluding hydrogens is 396 g/mol. The van der Waals surface area contributed by atoms with Crippen LogP contribution in [-0.2, 0) is 0 Å². The monoisotopic (exact) mass is 422 g/mol. The van der Waals surface area contributed by atoms with Crippen molar-refractivity contribution in [2.75, 3.05) is 25.9 Å². The van der Waals surface area contributed by atoms with Gasteiger partial charge in [-0.3, -0.25) is 9.69 Å². The number of hydrogen-bond acceptors (Lipinski definition) is 6. The average molecular weight is 423 g/mol. The first-order chi connectivity index (χ1) is 14.7. The topological polar surface area (TPSA) is 71.3 Å². The quantitative estimate of drug-likeness (QED) is 0.451. The van der Waals surface area contributed by atoms with Crippen LogP contribution in [0.25, 0.3) is 11.6 Å². The summed E-state index contributed by atoms with van der Waals surface area (Å²) in [6, 6.07) is 14.2. The maximum atomic E-state index is 13.1. The maximum Gasteiger partial charge on any atom is 0.255 e. The molecule has 1 unspecified atom stereocenters. The van der Waals surface area contributed by atoms with Gasteiger partial charge in [0, 0.05) is 6.54 Å². The minimum atomic E-state index is -0.136. The highest BCUT2D eigenvalue weighted by atomic mass is 32.2. The molecule has 156 valence electrons. The van der Waals surface area contributed by atoms with Crippen molar-refractivity contribution in [1.82, 2.24) is 20.2 Å². The van der Waals surface area contributed by atoms with E-state index in [1.807, 2.05) is 25.3 Å². The molecule has 1 aliphatic heterocycles. The predicted molar refractivity (Wildman–Crippen MR) is 119 cm³/mol. The normalized spacial score (nSPS) is 15.3. The van der Waals surface area contributed by atoms with Crippen molar-refractivity contribution >= 4 is 17.7 Å². The number of hydrogen-bond donors (Lipinski definition) is 1. The predicted octanol–water partition coefficient (Wildman–Crippen LogP) is 4.33. The van der Waals surface area contributed by atoms with Crippen molar-refractivity contribution in [3.63, 3.8) is 0 Å². The van der Waals surface area contributed by atoms with Gasteiger partial charge in [-0.15, -0.1) is 11.8 Å². The average Bonchev–Trinajstić information content (AvgIpc) is 3.48. The lowest BCUT2D eigenvalue weighted by atomic mass is 10.1. The Morgan fingerprint density at radius 2 is 1.93 bits per heavy atom. The number of nitrogens with one attached hydrogen (secondary N) is 1. The van der Waals surface area contributed by atoms with E-state index in [9.17, 15) is 4.79 Å². The van der Waals surface area contributed by atoms with E-state index in [0.717, 1.165) is 13.1 Å². The highest BCUT2D eigenvalue weighted by molar-refractivity contribution is 7.98. The van der Waals surface area contributed by atoms with Gasteiger partial charge in [-0.1, -0.05) is 30.3 Å². The Bertz CT molecular complexity index is 986. The van der Waals surface area contributed by atoms with Crippen LogP contribution in [-0.4, -0.2) is 46.7 Å². The molecule has 6 nitrogen and oxygen atoms in total. The van der Waals surface area contributed by atoms with E-state index in [-0.39, 0.29) is 11.9 Å². The van der Waals surface area contributed by atoms with Gasteiger partial charge in [-0.2, -0.15) is 0 Å². The zero-order valence-electron chi connectivity index (χ0n) is 17.3. The number of aromatic nitrogens is 2. The van der Waals surface area contributed by atoms with E-state index < -0.39 is 0 Å². The number of aryl methyl sites for hydroxylation is 1. The van der Waals surface area contributed by atoms with Crippen LogP contribution in [0.15, 0.2) is 58.2 Å². The standard InChI is InChI=1S/C23H26N4O2S/c1-16-20(23(30-2)26-21(25-16)19-11-8-14-29-19)22(28)24-15-18(27-12-6-7-13-27)17-9-4-3-5-10-17/h3-5,8-11,14,18H,6-7,12-13,15H2,1-2H3,(H,24,28). The number of amides is 1. The van der Waals surface area contributed by atoms with Crippen LogP contribution in [0, 0.1) is 6.92 Å². The minimum absolute atomic E-state index is 0.136. The molecule has 2 aromatic heterocycles. The smallest absolute Gasteiger partial charge is 0.255 e. The number of rotatable bonds is 7. The lowest BCUT2D eigenvalue weighted by Crippen LogP contribution is -2.37. The van der Waals surface area contributed by atoms with Crippen LogP contribution < -0.4 is 5.32 Å². The summed E-state index contributed by atoms with van der Waals surface area (Å²) < 4.78 is 5.42. The van der Waals surface area contributed by atoms with E-state index in [1.54, 1.807) is 12.3 Å². The van der Waals surface area contributed by atoms with Crippen molar-refractivity contribution in [2.45, 2.75) is 30.8 Å². The molecule has 1 atom stereocenters. The number of carbonyl (C=O) groups is 1. The Hall–Kier alpha value is -2.64. The summed E-state index contributed by atoms with van der Waals surface area (Å²) >= 11 is 1.44. The van der Waals surface area contributed by atoms with Gasteiger partial charge in [0.15, 0.2) is 11.6 Å². The molecule has 1 aliphatic rings. The molecule has 3 aromatic rings. The maximum absolute atomic E-state index is 13.1. The van der Waals surface area contributed by atoms with Gasteiger partial charge in [0.05, 0.1) is 23.6 Å². The third-order valence-electron chi connectivity index (χ3n) is 5.44. The van der Waals surface area contributed by atoms with Crippen molar-refractivity contribution < 1.29 is 9.21 Å². The summed E-state index contributed by atoms with van der Waals surface area (Å²) in [5.74, 6) is 0.958. The van der Waals surface area contributed by atoms with Gasteiger partial charge in [0.1, 0.15) is 5.03 Å². The second kappa shape index (κ2) is 9.45. The molecule has 4 rings (SSSR count). The Morgan fingerprint density at radius 3 is 2.60 bits per heavy atom. The molecule has 0 spiro atoms. The second-order valence-corrected chi connectivity index (χ2v) is 8.17. The largest absolute Gasteiger partial charge is 0.461 e. The molecule has 0 saturated carbocycles. The van der Waals surface area contributed by atoms with E-state index >= 15 is 0 Å². The lowest BCUT2D eigenvalue weighted by Gasteiger charge is -2.28. The first-order valence-corrected chi connectivity index (χ1v) is 11.4. The summed E-state index contributed by atoms with van der Waals surface area (Å²) in [5.41, 5.74) is 2.41. The molecule has 1 fully saturated rings. The molecular formula is C23H26N4O2S. The van der Waals surface area contributed by atoms with Crippen LogP contribution in [0.1, 0.15) is 40.5 Å². The first kappa shape index (κ1) is 20.6. The van der Waals surface area contributed by atoms with E-state index in [0.29, 0.717) is 34.4 Å². The summed E-state index contributed by atoms with van der Waals surface area (Å²) in [4.78, 5) is 24.7. The number of furan rings is 1. The highest BCUT2D eigenvalue weighted by Gasteiger charge is 2.25. The fraction of sp³-hybridized carbons (Fsp3) is 0.348. The van der Waals surface area contributed by atoms with E-state index in [1.165, 1.54) is 30.2 Å². The molecule has 0 radical (unpaired) electrons. The zero-order chi connectivity index (χ0) is 20.9.